The Morgan fingerprint density at radius 3 is 2.78 bits per heavy atom. The maximum absolute atomic E-state index is 13.0. The molecule has 5 heteroatoms. The van der Waals surface area contributed by atoms with E-state index in [2.05, 4.69) is 11.8 Å². The molecule has 3 nitrogen and oxygen atoms in total. The van der Waals surface area contributed by atoms with Crippen LogP contribution in [0.15, 0.2) is 18.2 Å². The minimum absolute atomic E-state index is 0.0281. The first-order chi connectivity index (χ1) is 8.50. The van der Waals surface area contributed by atoms with Crippen molar-refractivity contribution in [3.8, 4) is 11.8 Å². The molecule has 0 unspecified atom stereocenters. The van der Waals surface area contributed by atoms with Gasteiger partial charge in [0.15, 0.2) is 5.12 Å². The summed E-state index contributed by atoms with van der Waals surface area (Å²) in [6.45, 7) is 1.48. The number of primary amides is 1. The molecule has 94 valence electrons. The minimum Gasteiger partial charge on any atom is -0.366 e. The van der Waals surface area contributed by atoms with Gasteiger partial charge in [0, 0.05) is 24.7 Å². The van der Waals surface area contributed by atoms with Crippen LogP contribution in [0.5, 0.6) is 0 Å². The van der Waals surface area contributed by atoms with E-state index in [4.69, 9.17) is 5.73 Å². The second-order valence-corrected chi connectivity index (χ2v) is 4.72. The maximum atomic E-state index is 13.0. The largest absolute Gasteiger partial charge is 0.366 e. The number of rotatable bonds is 3. The van der Waals surface area contributed by atoms with E-state index >= 15 is 0 Å². The lowest BCUT2D eigenvalue weighted by Crippen LogP contribution is -2.12. The Bertz CT molecular complexity index is 532. The zero-order valence-electron chi connectivity index (χ0n) is 9.83. The van der Waals surface area contributed by atoms with Crippen molar-refractivity contribution in [2.75, 3.05) is 5.75 Å². The lowest BCUT2D eigenvalue weighted by Gasteiger charge is -1.99. The molecule has 1 rings (SSSR count). The van der Waals surface area contributed by atoms with E-state index < -0.39 is 11.7 Å². The van der Waals surface area contributed by atoms with Gasteiger partial charge in [-0.15, -0.1) is 0 Å². The molecule has 0 saturated carbocycles. The third kappa shape index (κ3) is 4.60. The minimum atomic E-state index is -0.641. The van der Waals surface area contributed by atoms with Crippen molar-refractivity contribution in [2.45, 2.75) is 13.3 Å². The van der Waals surface area contributed by atoms with Gasteiger partial charge in [0.1, 0.15) is 5.82 Å². The first-order valence-corrected chi connectivity index (χ1v) is 6.21. The number of amides is 1. The van der Waals surface area contributed by atoms with Gasteiger partial charge in [-0.05, 0) is 18.2 Å². The van der Waals surface area contributed by atoms with Crippen LogP contribution in [0.3, 0.4) is 0 Å². The summed E-state index contributed by atoms with van der Waals surface area (Å²) < 4.78 is 13.0. The van der Waals surface area contributed by atoms with E-state index in [1.54, 1.807) is 0 Å². The van der Waals surface area contributed by atoms with Crippen LogP contribution in [0.2, 0.25) is 0 Å². The van der Waals surface area contributed by atoms with Gasteiger partial charge in [-0.25, -0.2) is 4.39 Å². The van der Waals surface area contributed by atoms with Crippen LogP contribution >= 0.6 is 11.8 Å². The molecule has 0 atom stereocenters. The zero-order chi connectivity index (χ0) is 13.5. The maximum Gasteiger partial charge on any atom is 0.249 e. The van der Waals surface area contributed by atoms with Gasteiger partial charge < -0.3 is 5.73 Å². The summed E-state index contributed by atoms with van der Waals surface area (Å²) in [5, 5.41) is 0.0281. The van der Waals surface area contributed by atoms with Gasteiger partial charge >= 0.3 is 0 Å². The van der Waals surface area contributed by atoms with Crippen molar-refractivity contribution in [3.63, 3.8) is 0 Å². The predicted octanol–water partition coefficient (Wildman–Crippen LogP) is 1.95. The number of thioether (sulfide) groups is 1. The highest BCUT2D eigenvalue weighted by atomic mass is 32.2. The molecule has 0 aromatic heterocycles. The fourth-order valence-electron chi connectivity index (χ4n) is 1.24. The lowest BCUT2D eigenvalue weighted by molar-refractivity contribution is -0.109. The summed E-state index contributed by atoms with van der Waals surface area (Å²) in [7, 11) is 0. The van der Waals surface area contributed by atoms with Gasteiger partial charge in [0.2, 0.25) is 5.91 Å². The molecular weight excluding hydrogens is 253 g/mol. The molecule has 1 aromatic rings. The Kier molecular flexibility index (Phi) is 5.40. The fraction of sp³-hybridized carbons (Fsp3) is 0.231. The van der Waals surface area contributed by atoms with Crippen molar-refractivity contribution < 1.29 is 14.0 Å². The number of halogens is 1. The average Bonchev–Trinajstić information content (AvgIpc) is 2.27. The molecule has 0 aliphatic heterocycles. The monoisotopic (exact) mass is 265 g/mol. The Morgan fingerprint density at radius 2 is 2.17 bits per heavy atom. The summed E-state index contributed by atoms with van der Waals surface area (Å²) in [5.74, 6) is 4.94. The quantitative estimate of drug-likeness (QED) is 0.671. The van der Waals surface area contributed by atoms with Crippen molar-refractivity contribution >= 4 is 22.8 Å². The highest BCUT2D eigenvalue weighted by Gasteiger charge is 2.06. The van der Waals surface area contributed by atoms with E-state index in [-0.39, 0.29) is 16.2 Å². The smallest absolute Gasteiger partial charge is 0.249 e. The van der Waals surface area contributed by atoms with Crippen LogP contribution in [0.4, 0.5) is 4.39 Å². The molecule has 0 heterocycles. The molecule has 1 aromatic carbocycles. The molecule has 1 amide bonds. The van der Waals surface area contributed by atoms with Crippen molar-refractivity contribution in [1.82, 2.24) is 0 Å². The van der Waals surface area contributed by atoms with Gasteiger partial charge in [0.05, 0.1) is 5.56 Å². The van der Waals surface area contributed by atoms with Crippen LogP contribution in [0.1, 0.15) is 29.3 Å². The third-order valence-electron chi connectivity index (χ3n) is 2.00. The SMILES string of the molecule is CC(=O)SCCC#Cc1cc(F)ccc1C(N)=O. The number of hydrogen-bond acceptors (Lipinski definition) is 3. The molecule has 0 radical (unpaired) electrons. The number of carbonyl (C=O) groups is 2. The summed E-state index contributed by atoms with van der Waals surface area (Å²) >= 11 is 1.17. The van der Waals surface area contributed by atoms with Gasteiger partial charge in [-0.1, -0.05) is 23.6 Å². The van der Waals surface area contributed by atoms with Gasteiger partial charge in [-0.2, -0.15) is 0 Å². The molecule has 0 fully saturated rings. The third-order valence-corrected chi connectivity index (χ3v) is 2.82. The van der Waals surface area contributed by atoms with Crippen molar-refractivity contribution in [3.05, 3.63) is 35.1 Å². The molecular formula is C13H12FNO2S. The van der Waals surface area contributed by atoms with E-state index in [1.165, 1.54) is 30.8 Å². The molecule has 0 saturated heterocycles. The second kappa shape index (κ2) is 6.82. The van der Waals surface area contributed by atoms with Crippen LogP contribution in [0.25, 0.3) is 0 Å². The number of carbonyl (C=O) groups excluding carboxylic acids is 2. The topological polar surface area (TPSA) is 60.2 Å². The standard InChI is InChI=1S/C13H12FNO2S/c1-9(16)18-7-3-2-4-10-8-11(14)5-6-12(10)13(15)17/h5-6,8H,3,7H2,1H3,(H2,15,17). The Balaban J connectivity index is 2.77. The normalized spacial score (nSPS) is 9.44. The van der Waals surface area contributed by atoms with E-state index in [1.807, 2.05) is 0 Å². The number of hydrogen-bond donors (Lipinski definition) is 1. The van der Waals surface area contributed by atoms with Gasteiger partial charge in [0.25, 0.3) is 0 Å². The number of benzene rings is 1. The van der Waals surface area contributed by atoms with Crippen LogP contribution in [-0.2, 0) is 4.79 Å². The fourth-order valence-corrected chi connectivity index (χ4v) is 1.73. The van der Waals surface area contributed by atoms with Gasteiger partial charge in [-0.3, -0.25) is 9.59 Å². The predicted molar refractivity (Wildman–Crippen MR) is 69.6 cm³/mol. The van der Waals surface area contributed by atoms with Crippen LogP contribution < -0.4 is 5.73 Å². The zero-order valence-corrected chi connectivity index (χ0v) is 10.6. The van der Waals surface area contributed by atoms with Crippen molar-refractivity contribution in [2.24, 2.45) is 5.73 Å². The van der Waals surface area contributed by atoms with Crippen LogP contribution in [0, 0.1) is 17.7 Å². The van der Waals surface area contributed by atoms with Crippen LogP contribution in [-0.4, -0.2) is 16.8 Å². The summed E-state index contributed by atoms with van der Waals surface area (Å²) in [6.07, 6.45) is 0.485. The van der Waals surface area contributed by atoms with E-state index in [0.717, 1.165) is 6.07 Å². The highest BCUT2D eigenvalue weighted by molar-refractivity contribution is 8.13. The van der Waals surface area contributed by atoms with E-state index in [9.17, 15) is 14.0 Å². The first kappa shape index (κ1) is 14.3. The summed E-state index contributed by atoms with van der Waals surface area (Å²) in [6, 6.07) is 3.65. The molecule has 0 aliphatic carbocycles. The Labute approximate surface area is 109 Å². The average molecular weight is 265 g/mol. The summed E-state index contributed by atoms with van der Waals surface area (Å²) in [4.78, 5) is 21.8. The first-order valence-electron chi connectivity index (χ1n) is 5.22. The van der Waals surface area contributed by atoms with Crippen molar-refractivity contribution in [1.29, 1.82) is 0 Å². The summed E-state index contributed by atoms with van der Waals surface area (Å²) in [5.41, 5.74) is 5.63. The highest BCUT2D eigenvalue weighted by Crippen LogP contribution is 2.10. The Hall–Kier alpha value is -1.80. The molecule has 0 bridgehead atoms. The lowest BCUT2D eigenvalue weighted by atomic mass is 10.1. The molecule has 0 aliphatic rings. The molecule has 18 heavy (non-hydrogen) atoms. The Morgan fingerprint density at radius 1 is 1.44 bits per heavy atom. The van der Waals surface area contributed by atoms with E-state index in [0.29, 0.717) is 12.2 Å². The number of nitrogens with two attached hydrogens (primary N) is 1. The second-order valence-electron chi connectivity index (χ2n) is 3.45. The molecule has 2 N–H and O–H groups in total. The molecule has 0 spiro atoms.